The van der Waals surface area contributed by atoms with Crippen LogP contribution in [0.3, 0.4) is 0 Å². The predicted octanol–water partition coefficient (Wildman–Crippen LogP) is 15.6. The molecule has 66 heavy (non-hydrogen) atoms. The number of hydrogen-bond donors (Lipinski definition) is 0. The maximum absolute atomic E-state index is 6.53. The summed E-state index contributed by atoms with van der Waals surface area (Å²) in [7, 11) is 0. The fraction of sp³-hybridized carbons (Fsp3) is 0.0500. The van der Waals surface area contributed by atoms with Gasteiger partial charge in [0.1, 0.15) is 11.2 Å². The maximum Gasteiger partial charge on any atom is 0.238 e. The summed E-state index contributed by atoms with van der Waals surface area (Å²) in [5.74, 6) is 1.64. The Kier molecular flexibility index (Phi) is 8.46. The van der Waals surface area contributed by atoms with Crippen LogP contribution in [0, 0.1) is 0 Å². The van der Waals surface area contributed by atoms with Crippen LogP contribution in [0.15, 0.2) is 217 Å². The molecule has 1 aliphatic rings. The third kappa shape index (κ3) is 5.92. The van der Waals surface area contributed by atoms with Gasteiger partial charge in [-0.2, -0.15) is 9.97 Å². The monoisotopic (exact) mass is 847 g/mol. The molecule has 0 aliphatic heterocycles. The van der Waals surface area contributed by atoms with Gasteiger partial charge >= 0.3 is 0 Å². The molecule has 3 heterocycles. The zero-order valence-electron chi connectivity index (χ0n) is 36.4. The molecule has 13 rings (SSSR count). The fourth-order valence-corrected chi connectivity index (χ4v) is 10.3. The van der Waals surface area contributed by atoms with Gasteiger partial charge in [-0.05, 0) is 106 Å². The number of fused-ring (bicyclic) bond motifs is 9. The Hall–Kier alpha value is -8.61. The van der Waals surface area contributed by atoms with Crippen molar-refractivity contribution in [2.45, 2.75) is 19.3 Å². The van der Waals surface area contributed by atoms with E-state index in [-0.39, 0.29) is 5.41 Å². The van der Waals surface area contributed by atoms with E-state index in [4.69, 9.17) is 19.4 Å². The summed E-state index contributed by atoms with van der Waals surface area (Å²) in [4.78, 5) is 18.6. The first-order valence-corrected chi connectivity index (χ1v) is 22.4. The molecule has 0 atom stereocenters. The van der Waals surface area contributed by atoms with E-state index in [1.54, 1.807) is 0 Å². The Bertz CT molecular complexity index is 3870. The van der Waals surface area contributed by atoms with Crippen molar-refractivity contribution in [2.75, 3.05) is 4.90 Å². The first-order valence-electron chi connectivity index (χ1n) is 22.4. The van der Waals surface area contributed by atoms with Gasteiger partial charge in [-0.3, -0.25) is 4.90 Å². The lowest BCUT2D eigenvalue weighted by Gasteiger charge is -2.27. The van der Waals surface area contributed by atoms with Crippen molar-refractivity contribution in [3.8, 4) is 50.7 Å². The van der Waals surface area contributed by atoms with Crippen LogP contribution in [0.5, 0.6) is 0 Å². The first-order chi connectivity index (χ1) is 32.5. The van der Waals surface area contributed by atoms with Crippen LogP contribution in [0.4, 0.5) is 17.3 Å². The Morgan fingerprint density at radius 3 is 1.92 bits per heavy atom. The van der Waals surface area contributed by atoms with Crippen LogP contribution in [-0.2, 0) is 5.41 Å². The summed E-state index contributed by atoms with van der Waals surface area (Å²) in [5.41, 5.74) is 15.6. The molecule has 0 fully saturated rings. The van der Waals surface area contributed by atoms with E-state index >= 15 is 0 Å². The van der Waals surface area contributed by atoms with Gasteiger partial charge < -0.3 is 8.98 Å². The van der Waals surface area contributed by atoms with Gasteiger partial charge in [0.05, 0.1) is 22.1 Å². The highest BCUT2D eigenvalue weighted by Gasteiger charge is 2.36. The van der Waals surface area contributed by atoms with Crippen LogP contribution in [0.2, 0.25) is 0 Å². The SMILES string of the molecule is CC1(C)c2ccccc2-c2ccc(N(c3nc(-c4cccc(-c5ccccc5)c4)nc(-c4ccc5c(c4)c4ccccc4n5-c4ccccc4)n3)c3cccc4oc5ccccc5c34)cc21. The molecule has 312 valence electrons. The molecule has 1 aliphatic carbocycles. The second-order valence-electron chi connectivity index (χ2n) is 17.6. The minimum Gasteiger partial charge on any atom is -0.456 e. The normalized spacial score (nSPS) is 12.8. The van der Waals surface area contributed by atoms with Crippen molar-refractivity contribution in [3.63, 3.8) is 0 Å². The predicted molar refractivity (Wildman–Crippen MR) is 270 cm³/mol. The third-order valence-electron chi connectivity index (χ3n) is 13.4. The minimum atomic E-state index is -0.233. The van der Waals surface area contributed by atoms with E-state index in [0.717, 1.165) is 83.1 Å². The molecular weight excluding hydrogens is 807 g/mol. The number of aromatic nitrogens is 4. The molecule has 0 spiro atoms. The molecule has 0 radical (unpaired) electrons. The van der Waals surface area contributed by atoms with Gasteiger partial charge in [0.15, 0.2) is 11.6 Å². The fourth-order valence-electron chi connectivity index (χ4n) is 10.3. The molecule has 0 saturated carbocycles. The molecular formula is C60H41N5O. The number of furan rings is 1. The van der Waals surface area contributed by atoms with Crippen LogP contribution in [0.25, 0.3) is 94.5 Å². The Labute approximate surface area is 381 Å². The average Bonchev–Trinajstić information content (AvgIpc) is 4.00. The van der Waals surface area contributed by atoms with Crippen molar-refractivity contribution in [1.82, 2.24) is 19.5 Å². The summed E-state index contributed by atoms with van der Waals surface area (Å²) >= 11 is 0. The van der Waals surface area contributed by atoms with E-state index in [9.17, 15) is 0 Å². The molecule has 6 nitrogen and oxygen atoms in total. The van der Waals surface area contributed by atoms with E-state index < -0.39 is 0 Å². The molecule has 6 heteroatoms. The second kappa shape index (κ2) is 14.7. The Balaban J connectivity index is 1.08. The molecule has 0 amide bonds. The standard InChI is InChI=1S/C60H41N5O/c1-60(2)49-26-12-9-23-44(49)45-33-32-43(37-50(45)60)65(53-28-16-30-55-56(53)47-25-11-14-29-54(47)66-55)59-62-57(40-20-15-19-39(35-40)38-17-5-3-6-18-38)61-58(63-59)41-31-34-52-48(36-41)46-24-10-13-27-51(46)64(52)42-21-7-4-8-22-42/h3-37H,1-2H3. The highest BCUT2D eigenvalue weighted by atomic mass is 16.3. The molecule has 0 unspecified atom stereocenters. The Morgan fingerprint density at radius 1 is 0.439 bits per heavy atom. The van der Waals surface area contributed by atoms with Crippen LogP contribution >= 0.6 is 0 Å². The highest BCUT2D eigenvalue weighted by Crippen LogP contribution is 2.51. The van der Waals surface area contributed by atoms with Crippen molar-refractivity contribution < 1.29 is 4.42 Å². The molecule has 0 saturated heterocycles. The van der Waals surface area contributed by atoms with E-state index in [1.165, 1.54) is 22.3 Å². The van der Waals surface area contributed by atoms with Crippen molar-refractivity contribution in [3.05, 3.63) is 223 Å². The average molecular weight is 848 g/mol. The van der Waals surface area contributed by atoms with Crippen LogP contribution in [-0.4, -0.2) is 19.5 Å². The van der Waals surface area contributed by atoms with E-state index in [1.807, 2.05) is 24.3 Å². The van der Waals surface area contributed by atoms with Gasteiger partial charge in [0, 0.05) is 44.1 Å². The van der Waals surface area contributed by atoms with Gasteiger partial charge in [-0.1, -0.05) is 153 Å². The van der Waals surface area contributed by atoms with Gasteiger partial charge in [-0.15, -0.1) is 0 Å². The van der Waals surface area contributed by atoms with Gasteiger partial charge in [-0.25, -0.2) is 4.98 Å². The third-order valence-corrected chi connectivity index (χ3v) is 13.4. The lowest BCUT2D eigenvalue weighted by Crippen LogP contribution is -2.18. The van der Waals surface area contributed by atoms with Gasteiger partial charge in [0.25, 0.3) is 0 Å². The molecule has 0 bridgehead atoms. The van der Waals surface area contributed by atoms with Gasteiger partial charge in [0.2, 0.25) is 5.95 Å². The molecule has 0 N–H and O–H groups in total. The zero-order valence-corrected chi connectivity index (χ0v) is 36.4. The van der Waals surface area contributed by atoms with E-state index in [2.05, 4.69) is 211 Å². The zero-order chi connectivity index (χ0) is 43.9. The number of benzene rings is 9. The van der Waals surface area contributed by atoms with Crippen molar-refractivity contribution >= 4 is 61.1 Å². The quantitative estimate of drug-likeness (QED) is 0.160. The summed E-state index contributed by atoms with van der Waals surface area (Å²) < 4.78 is 8.87. The summed E-state index contributed by atoms with van der Waals surface area (Å²) in [6.45, 7) is 4.64. The lowest BCUT2D eigenvalue weighted by molar-refractivity contribution is 0.660. The number of hydrogen-bond acceptors (Lipinski definition) is 5. The largest absolute Gasteiger partial charge is 0.456 e. The van der Waals surface area contributed by atoms with Crippen LogP contribution in [0.1, 0.15) is 25.0 Å². The lowest BCUT2D eigenvalue weighted by atomic mass is 9.82. The van der Waals surface area contributed by atoms with Crippen molar-refractivity contribution in [2.24, 2.45) is 0 Å². The summed E-state index contributed by atoms with van der Waals surface area (Å²) in [5, 5.41) is 4.28. The highest BCUT2D eigenvalue weighted by molar-refractivity contribution is 6.13. The van der Waals surface area contributed by atoms with Crippen LogP contribution < -0.4 is 4.90 Å². The number of anilines is 3. The molecule has 12 aromatic rings. The topological polar surface area (TPSA) is 60.0 Å². The molecule has 9 aromatic carbocycles. The summed E-state index contributed by atoms with van der Waals surface area (Å²) in [6.07, 6.45) is 0. The molecule has 3 aromatic heterocycles. The minimum absolute atomic E-state index is 0.233. The number of nitrogens with zero attached hydrogens (tertiary/aromatic N) is 5. The number of rotatable bonds is 7. The summed E-state index contributed by atoms with van der Waals surface area (Å²) in [6, 6.07) is 74.8. The number of para-hydroxylation sites is 3. The smallest absolute Gasteiger partial charge is 0.238 e. The second-order valence-corrected chi connectivity index (χ2v) is 17.6. The van der Waals surface area contributed by atoms with Crippen molar-refractivity contribution in [1.29, 1.82) is 0 Å². The first kappa shape index (κ1) is 37.9. The maximum atomic E-state index is 6.53. The van der Waals surface area contributed by atoms with E-state index in [0.29, 0.717) is 17.6 Å². The Morgan fingerprint density at radius 2 is 1.08 bits per heavy atom.